The van der Waals surface area contributed by atoms with Crippen LogP contribution in [0.25, 0.3) is 22.4 Å². The summed E-state index contributed by atoms with van der Waals surface area (Å²) in [6.07, 6.45) is 13.6. The fourth-order valence-electron chi connectivity index (χ4n) is 4.21. The van der Waals surface area contributed by atoms with Crippen molar-refractivity contribution in [3.63, 3.8) is 0 Å². The van der Waals surface area contributed by atoms with Crippen LogP contribution in [0.15, 0.2) is 60.7 Å². The van der Waals surface area contributed by atoms with Gasteiger partial charge in [-0.2, -0.15) is 4.39 Å². The molecule has 0 saturated carbocycles. The van der Waals surface area contributed by atoms with Crippen LogP contribution in [0, 0.1) is 5.95 Å². The molecule has 2 nitrogen and oxygen atoms in total. The third-order valence-electron chi connectivity index (χ3n) is 6.35. The number of benzene rings is 2. The van der Waals surface area contributed by atoms with Gasteiger partial charge in [0.1, 0.15) is 5.75 Å². The first kappa shape index (κ1) is 25.9. The van der Waals surface area contributed by atoms with Gasteiger partial charge in [-0.05, 0) is 66.8 Å². The summed E-state index contributed by atoms with van der Waals surface area (Å²) in [6.45, 7) is 5.20. The molecule has 0 atom stereocenters. The molecule has 34 heavy (non-hydrogen) atoms. The van der Waals surface area contributed by atoms with Crippen LogP contribution in [0.3, 0.4) is 0 Å². The first-order valence-corrected chi connectivity index (χ1v) is 13.2. The van der Waals surface area contributed by atoms with Crippen LogP contribution in [-0.2, 0) is 6.42 Å². The average molecular weight is 462 g/mol. The summed E-state index contributed by atoms with van der Waals surface area (Å²) in [5.74, 6) is 0.417. The highest BCUT2D eigenvalue weighted by Gasteiger charge is 2.10. The van der Waals surface area contributed by atoms with Crippen LogP contribution >= 0.6 is 0 Å². The topological polar surface area (TPSA) is 22.1 Å². The lowest BCUT2D eigenvalue weighted by molar-refractivity contribution is 0.304. The van der Waals surface area contributed by atoms with E-state index < -0.39 is 5.95 Å². The monoisotopic (exact) mass is 461 g/mol. The van der Waals surface area contributed by atoms with E-state index in [0.29, 0.717) is 11.3 Å². The smallest absolute Gasteiger partial charge is 0.221 e. The Kier molecular flexibility index (Phi) is 11.1. The van der Waals surface area contributed by atoms with Gasteiger partial charge in [0, 0.05) is 11.1 Å². The number of hydrogen-bond donors (Lipinski definition) is 0. The lowest BCUT2D eigenvalue weighted by atomic mass is 10.0. The summed E-state index contributed by atoms with van der Waals surface area (Å²) in [7, 11) is 0. The maximum atomic E-state index is 14.9. The summed E-state index contributed by atoms with van der Waals surface area (Å²) in [6, 6.07) is 19.7. The van der Waals surface area contributed by atoms with Gasteiger partial charge in [-0.15, -0.1) is 0 Å². The molecule has 1 aromatic heterocycles. The summed E-state index contributed by atoms with van der Waals surface area (Å²) in [5, 5.41) is 0. The van der Waals surface area contributed by atoms with E-state index in [4.69, 9.17) is 4.74 Å². The van der Waals surface area contributed by atoms with Crippen molar-refractivity contribution in [2.45, 2.75) is 84.5 Å². The van der Waals surface area contributed by atoms with E-state index in [-0.39, 0.29) is 0 Å². The first-order chi connectivity index (χ1) is 16.7. The number of rotatable bonds is 15. The molecule has 182 valence electrons. The number of pyridine rings is 1. The predicted molar refractivity (Wildman–Crippen MR) is 142 cm³/mol. The lowest BCUT2D eigenvalue weighted by Crippen LogP contribution is -1.97. The van der Waals surface area contributed by atoms with E-state index in [1.807, 2.05) is 48.5 Å². The van der Waals surface area contributed by atoms with E-state index >= 15 is 0 Å². The number of hydrogen-bond acceptors (Lipinski definition) is 2. The Morgan fingerprint density at radius 2 is 1.26 bits per heavy atom. The number of aryl methyl sites for hydroxylation is 1. The highest BCUT2D eigenvalue weighted by Crippen LogP contribution is 2.27. The Morgan fingerprint density at radius 3 is 1.94 bits per heavy atom. The number of nitrogens with zero attached hydrogens (tertiary/aromatic N) is 1. The van der Waals surface area contributed by atoms with Crippen LogP contribution in [0.4, 0.5) is 4.39 Å². The molecule has 0 aliphatic heterocycles. The molecule has 1 heterocycles. The second-order valence-electron chi connectivity index (χ2n) is 9.18. The van der Waals surface area contributed by atoms with Crippen molar-refractivity contribution in [3.05, 3.63) is 72.2 Å². The van der Waals surface area contributed by atoms with Gasteiger partial charge in [-0.1, -0.05) is 89.5 Å². The van der Waals surface area contributed by atoms with Crippen molar-refractivity contribution in [3.8, 4) is 28.1 Å². The predicted octanol–water partition coefficient (Wildman–Crippen LogP) is 9.42. The van der Waals surface area contributed by atoms with Gasteiger partial charge in [-0.3, -0.25) is 0 Å². The average Bonchev–Trinajstić information content (AvgIpc) is 2.87. The fourth-order valence-corrected chi connectivity index (χ4v) is 4.21. The molecule has 0 spiro atoms. The normalized spacial score (nSPS) is 11.0. The molecule has 3 rings (SSSR count). The molecule has 2 aromatic carbocycles. The number of ether oxygens (including phenoxy) is 1. The Labute approximate surface area is 205 Å². The van der Waals surface area contributed by atoms with E-state index in [0.717, 1.165) is 36.3 Å². The maximum absolute atomic E-state index is 14.9. The second-order valence-corrected chi connectivity index (χ2v) is 9.18. The molecule has 0 amide bonds. The third-order valence-corrected chi connectivity index (χ3v) is 6.35. The quantitative estimate of drug-likeness (QED) is 0.166. The largest absolute Gasteiger partial charge is 0.494 e. The Morgan fingerprint density at radius 1 is 0.647 bits per heavy atom. The molecular weight excluding hydrogens is 421 g/mol. The van der Waals surface area contributed by atoms with E-state index in [1.54, 1.807) is 0 Å². The first-order valence-electron chi connectivity index (χ1n) is 13.2. The maximum Gasteiger partial charge on any atom is 0.221 e. The Hall–Kier alpha value is -2.68. The Balaban J connectivity index is 1.53. The van der Waals surface area contributed by atoms with Crippen molar-refractivity contribution in [1.82, 2.24) is 4.98 Å². The van der Waals surface area contributed by atoms with E-state index in [1.165, 1.54) is 63.4 Å². The third kappa shape index (κ3) is 8.27. The molecule has 3 heteroatoms. The molecule has 0 saturated heterocycles. The fraction of sp³-hybridized carbons (Fsp3) is 0.452. The molecule has 0 N–H and O–H groups in total. The standard InChI is InChI=1S/C31H40FNO/c1-3-5-7-9-10-12-24-34-28-20-18-27(19-21-28)30-23-22-29(31(32)33-30)26-16-14-25(15-17-26)13-11-8-6-4-2/h14-23H,3-13,24H2,1-2H3. The van der Waals surface area contributed by atoms with Crippen molar-refractivity contribution < 1.29 is 9.13 Å². The van der Waals surface area contributed by atoms with Crippen LogP contribution in [-0.4, -0.2) is 11.6 Å². The highest BCUT2D eigenvalue weighted by molar-refractivity contribution is 5.67. The van der Waals surface area contributed by atoms with Crippen molar-refractivity contribution in [2.24, 2.45) is 0 Å². The van der Waals surface area contributed by atoms with Crippen molar-refractivity contribution >= 4 is 0 Å². The summed E-state index contributed by atoms with van der Waals surface area (Å²) >= 11 is 0. The molecule has 0 radical (unpaired) electrons. The zero-order valence-corrected chi connectivity index (χ0v) is 21.0. The minimum absolute atomic E-state index is 0.434. The highest BCUT2D eigenvalue weighted by atomic mass is 19.1. The summed E-state index contributed by atoms with van der Waals surface area (Å²) < 4.78 is 20.7. The summed E-state index contributed by atoms with van der Waals surface area (Å²) in [4.78, 5) is 4.25. The van der Waals surface area contributed by atoms with Gasteiger partial charge in [0.15, 0.2) is 0 Å². The number of aromatic nitrogens is 1. The second kappa shape index (κ2) is 14.6. The molecule has 3 aromatic rings. The van der Waals surface area contributed by atoms with Crippen molar-refractivity contribution in [1.29, 1.82) is 0 Å². The number of halogens is 1. The zero-order valence-electron chi connectivity index (χ0n) is 21.0. The van der Waals surface area contributed by atoms with Gasteiger partial charge in [-0.25, -0.2) is 4.98 Å². The molecule has 0 fully saturated rings. The SMILES string of the molecule is CCCCCCCCOc1ccc(-c2ccc(-c3ccc(CCCCCC)cc3)c(F)n2)cc1. The molecular formula is C31H40FNO. The number of unbranched alkanes of at least 4 members (excludes halogenated alkanes) is 8. The zero-order chi connectivity index (χ0) is 24.0. The minimum atomic E-state index is -0.434. The van der Waals surface area contributed by atoms with Gasteiger partial charge < -0.3 is 4.74 Å². The van der Waals surface area contributed by atoms with Crippen molar-refractivity contribution in [2.75, 3.05) is 6.61 Å². The van der Waals surface area contributed by atoms with E-state index in [9.17, 15) is 4.39 Å². The lowest BCUT2D eigenvalue weighted by Gasteiger charge is -2.09. The van der Waals surface area contributed by atoms with Crippen LogP contribution in [0.2, 0.25) is 0 Å². The minimum Gasteiger partial charge on any atom is -0.494 e. The summed E-state index contributed by atoms with van der Waals surface area (Å²) in [5.41, 5.74) is 4.24. The van der Waals surface area contributed by atoms with Gasteiger partial charge in [0.25, 0.3) is 0 Å². The Bertz CT molecular complexity index is 966. The van der Waals surface area contributed by atoms with Crippen LogP contribution in [0.5, 0.6) is 5.75 Å². The van der Waals surface area contributed by atoms with Crippen LogP contribution < -0.4 is 4.74 Å². The van der Waals surface area contributed by atoms with Gasteiger partial charge >= 0.3 is 0 Å². The molecule has 0 aliphatic rings. The van der Waals surface area contributed by atoms with Gasteiger partial charge in [0.05, 0.1) is 12.3 Å². The molecule has 0 aliphatic carbocycles. The van der Waals surface area contributed by atoms with E-state index in [2.05, 4.69) is 31.0 Å². The molecule has 0 unspecified atom stereocenters. The molecule has 0 bridgehead atoms. The van der Waals surface area contributed by atoms with Crippen LogP contribution in [0.1, 0.15) is 83.6 Å². The van der Waals surface area contributed by atoms with Gasteiger partial charge in [0.2, 0.25) is 5.95 Å².